The maximum atomic E-state index is 11.7. The van der Waals surface area contributed by atoms with Crippen LogP contribution in [0.4, 0.5) is 4.79 Å². The molecule has 7 nitrogen and oxygen atoms in total. The number of imide groups is 1. The lowest BCUT2D eigenvalue weighted by Gasteiger charge is -2.13. The molecule has 0 saturated carbocycles. The number of para-hydroxylation sites is 1. The summed E-state index contributed by atoms with van der Waals surface area (Å²) in [6, 6.07) is 6.90. The summed E-state index contributed by atoms with van der Waals surface area (Å²) in [7, 11) is 0. The van der Waals surface area contributed by atoms with Crippen LogP contribution in [0.1, 0.15) is 44.1 Å². The lowest BCUT2D eigenvalue weighted by molar-refractivity contribution is -0.148. The van der Waals surface area contributed by atoms with Crippen molar-refractivity contribution in [1.29, 1.82) is 0 Å². The second-order valence-electron chi connectivity index (χ2n) is 6.69. The minimum Gasteiger partial charge on any atom is -0.493 e. The number of urea groups is 1. The first-order valence-electron chi connectivity index (χ1n) is 9.64. The topological polar surface area (TPSA) is 93.7 Å². The highest BCUT2D eigenvalue weighted by Gasteiger charge is 2.11. The van der Waals surface area contributed by atoms with E-state index in [0.29, 0.717) is 12.3 Å². The zero-order valence-electron chi connectivity index (χ0n) is 16.3. The molecule has 0 unspecified atom stereocenters. The van der Waals surface area contributed by atoms with Gasteiger partial charge in [0, 0.05) is 6.54 Å². The molecule has 0 spiro atoms. The molecule has 28 heavy (non-hydrogen) atoms. The van der Waals surface area contributed by atoms with Gasteiger partial charge in [-0.2, -0.15) is 0 Å². The van der Waals surface area contributed by atoms with Crippen LogP contribution in [0.25, 0.3) is 0 Å². The highest BCUT2D eigenvalue weighted by Crippen LogP contribution is 2.19. The quantitative estimate of drug-likeness (QED) is 0.501. The number of carbonyl (C=O) groups excluding carboxylic acids is 3. The highest BCUT2D eigenvalue weighted by atomic mass is 16.5. The molecule has 1 aliphatic carbocycles. The molecule has 152 valence electrons. The van der Waals surface area contributed by atoms with Crippen LogP contribution in [0, 0.1) is 6.92 Å². The summed E-state index contributed by atoms with van der Waals surface area (Å²) in [5.41, 5.74) is 2.32. The Kier molecular flexibility index (Phi) is 9.04. The second kappa shape index (κ2) is 11.8. The number of ether oxygens (including phenoxy) is 2. The summed E-state index contributed by atoms with van der Waals surface area (Å²) in [5, 5.41) is 4.78. The van der Waals surface area contributed by atoms with Gasteiger partial charge in [-0.1, -0.05) is 29.8 Å². The second-order valence-corrected chi connectivity index (χ2v) is 6.69. The zero-order valence-corrected chi connectivity index (χ0v) is 16.3. The average Bonchev–Trinajstić information content (AvgIpc) is 2.69. The average molecular weight is 388 g/mol. The van der Waals surface area contributed by atoms with Gasteiger partial charge in [0.1, 0.15) is 5.75 Å². The van der Waals surface area contributed by atoms with Crippen molar-refractivity contribution in [2.75, 3.05) is 19.8 Å². The van der Waals surface area contributed by atoms with Gasteiger partial charge in [-0.25, -0.2) is 4.79 Å². The number of nitrogens with one attached hydrogen (secondary N) is 2. The van der Waals surface area contributed by atoms with E-state index in [-0.39, 0.29) is 13.0 Å². The molecule has 7 heteroatoms. The van der Waals surface area contributed by atoms with Crippen LogP contribution in [-0.2, 0) is 14.3 Å². The number of amides is 3. The number of hydrogen-bond donors (Lipinski definition) is 2. The van der Waals surface area contributed by atoms with E-state index in [1.165, 1.54) is 18.4 Å². The Bertz CT molecular complexity index is 715. The number of allylic oxidation sites excluding steroid dienone is 1. The molecule has 0 atom stereocenters. The molecule has 0 aliphatic heterocycles. The summed E-state index contributed by atoms with van der Waals surface area (Å²) in [6.07, 6.45) is 7.62. The first-order chi connectivity index (χ1) is 13.5. The maximum absolute atomic E-state index is 11.7. The van der Waals surface area contributed by atoms with Crippen molar-refractivity contribution in [3.05, 3.63) is 41.5 Å². The molecule has 1 aliphatic rings. The van der Waals surface area contributed by atoms with Gasteiger partial charge in [0.2, 0.25) is 0 Å². The number of rotatable bonds is 9. The standard InChI is InChI=1S/C21H28N2O5/c1-16-7-5-6-10-18(16)27-14-12-20(25)28-15-19(24)23-21(26)22-13-11-17-8-3-2-4-9-17/h5-8,10H,2-4,9,11-15H2,1H3,(H2,22,23,24,26). The van der Waals surface area contributed by atoms with Gasteiger partial charge in [0.15, 0.2) is 6.61 Å². The van der Waals surface area contributed by atoms with Gasteiger partial charge in [0.05, 0.1) is 13.0 Å². The molecule has 0 fully saturated rings. The summed E-state index contributed by atoms with van der Waals surface area (Å²) < 4.78 is 10.4. The third-order valence-corrected chi connectivity index (χ3v) is 4.39. The summed E-state index contributed by atoms with van der Waals surface area (Å²) in [6.45, 7) is 2.04. The van der Waals surface area contributed by atoms with Crippen molar-refractivity contribution in [2.45, 2.75) is 45.4 Å². The minimum absolute atomic E-state index is 0.0168. The van der Waals surface area contributed by atoms with Crippen LogP contribution in [0.2, 0.25) is 0 Å². The molecule has 2 rings (SSSR count). The van der Waals surface area contributed by atoms with E-state index in [4.69, 9.17) is 9.47 Å². The van der Waals surface area contributed by atoms with Gasteiger partial charge in [-0.15, -0.1) is 0 Å². The van der Waals surface area contributed by atoms with Gasteiger partial charge in [0.25, 0.3) is 5.91 Å². The molecule has 0 saturated heterocycles. The molecular formula is C21H28N2O5. The summed E-state index contributed by atoms with van der Waals surface area (Å²) >= 11 is 0. The largest absolute Gasteiger partial charge is 0.493 e. The van der Waals surface area contributed by atoms with E-state index in [1.807, 2.05) is 31.2 Å². The van der Waals surface area contributed by atoms with Crippen LogP contribution in [0.5, 0.6) is 5.75 Å². The fourth-order valence-corrected chi connectivity index (χ4v) is 2.86. The number of benzene rings is 1. The van der Waals surface area contributed by atoms with Crippen molar-refractivity contribution in [2.24, 2.45) is 0 Å². The van der Waals surface area contributed by atoms with Crippen LogP contribution in [0.15, 0.2) is 35.9 Å². The zero-order chi connectivity index (χ0) is 20.2. The third-order valence-electron chi connectivity index (χ3n) is 4.39. The molecule has 0 aromatic heterocycles. The van der Waals surface area contributed by atoms with E-state index >= 15 is 0 Å². The van der Waals surface area contributed by atoms with Crippen LogP contribution >= 0.6 is 0 Å². The molecule has 1 aromatic rings. The molecule has 0 radical (unpaired) electrons. The van der Waals surface area contributed by atoms with Gasteiger partial charge < -0.3 is 14.8 Å². The highest BCUT2D eigenvalue weighted by molar-refractivity contribution is 5.95. The van der Waals surface area contributed by atoms with E-state index in [2.05, 4.69) is 16.7 Å². The fourth-order valence-electron chi connectivity index (χ4n) is 2.86. The predicted octanol–water partition coefficient (Wildman–Crippen LogP) is 3.02. The first-order valence-corrected chi connectivity index (χ1v) is 9.64. The normalized spacial score (nSPS) is 13.2. The van der Waals surface area contributed by atoms with Crippen LogP contribution < -0.4 is 15.4 Å². The van der Waals surface area contributed by atoms with Crippen molar-refractivity contribution >= 4 is 17.9 Å². The summed E-state index contributed by atoms with van der Waals surface area (Å²) in [4.78, 5) is 35.0. The Hall–Kier alpha value is -2.83. The van der Waals surface area contributed by atoms with Gasteiger partial charge in [-0.05, 0) is 50.7 Å². The van der Waals surface area contributed by atoms with E-state index in [9.17, 15) is 14.4 Å². The first kappa shape index (κ1) is 21.5. The predicted molar refractivity (Wildman–Crippen MR) is 105 cm³/mol. The number of esters is 1. The third kappa shape index (κ3) is 8.24. The van der Waals surface area contributed by atoms with Crippen molar-refractivity contribution in [3.63, 3.8) is 0 Å². The SMILES string of the molecule is Cc1ccccc1OCCC(=O)OCC(=O)NC(=O)NCCC1=CCCCC1. The van der Waals surface area contributed by atoms with Crippen molar-refractivity contribution < 1.29 is 23.9 Å². The fraction of sp³-hybridized carbons (Fsp3) is 0.476. The van der Waals surface area contributed by atoms with Crippen LogP contribution in [0.3, 0.4) is 0 Å². The van der Waals surface area contributed by atoms with E-state index in [1.54, 1.807) is 0 Å². The van der Waals surface area contributed by atoms with Gasteiger partial charge in [-0.3, -0.25) is 14.9 Å². The molecule has 2 N–H and O–H groups in total. The van der Waals surface area contributed by atoms with E-state index in [0.717, 1.165) is 24.8 Å². The Labute approximate surface area is 165 Å². The number of hydrogen-bond acceptors (Lipinski definition) is 5. The Morgan fingerprint density at radius 1 is 1.14 bits per heavy atom. The van der Waals surface area contributed by atoms with Gasteiger partial charge >= 0.3 is 12.0 Å². The van der Waals surface area contributed by atoms with Crippen molar-refractivity contribution in [3.8, 4) is 5.75 Å². The number of carbonyl (C=O) groups is 3. The molecule has 1 aromatic carbocycles. The lowest BCUT2D eigenvalue weighted by Crippen LogP contribution is -2.41. The van der Waals surface area contributed by atoms with Crippen LogP contribution in [-0.4, -0.2) is 37.7 Å². The maximum Gasteiger partial charge on any atom is 0.321 e. The van der Waals surface area contributed by atoms with E-state index < -0.39 is 24.5 Å². The smallest absolute Gasteiger partial charge is 0.321 e. The Morgan fingerprint density at radius 3 is 2.71 bits per heavy atom. The molecule has 0 heterocycles. The van der Waals surface area contributed by atoms with Crippen molar-refractivity contribution in [1.82, 2.24) is 10.6 Å². The lowest BCUT2D eigenvalue weighted by atomic mass is 9.97. The monoisotopic (exact) mass is 388 g/mol. The Morgan fingerprint density at radius 2 is 1.96 bits per heavy atom. The Balaban J connectivity index is 1.54. The summed E-state index contributed by atoms with van der Waals surface area (Å²) in [5.74, 6) is -0.523. The number of aryl methyl sites for hydroxylation is 1. The molecule has 3 amide bonds. The minimum atomic E-state index is -0.664. The molecule has 0 bridgehead atoms. The molecular weight excluding hydrogens is 360 g/mol.